The number of hydrogen-bond donors (Lipinski definition) is 0. The summed E-state index contributed by atoms with van der Waals surface area (Å²) in [4.78, 5) is 0.409. The lowest BCUT2D eigenvalue weighted by Gasteiger charge is -2.34. The Morgan fingerprint density at radius 2 is 1.89 bits per heavy atom. The lowest BCUT2D eigenvalue weighted by molar-refractivity contribution is 0.408. The van der Waals surface area contributed by atoms with Crippen LogP contribution in [0, 0.1) is 12.8 Å². The fourth-order valence-corrected chi connectivity index (χ4v) is 4.44. The van der Waals surface area contributed by atoms with Crippen LogP contribution in [-0.2, 0) is 10.0 Å². The average Bonchev–Trinajstić information content (AvgIpc) is 2.49. The van der Waals surface area contributed by atoms with Gasteiger partial charge in [0.15, 0.2) is 0 Å². The molecule has 0 aromatic heterocycles. The van der Waals surface area contributed by atoms with E-state index >= 15 is 0 Å². The van der Waals surface area contributed by atoms with Crippen LogP contribution in [0.3, 0.4) is 0 Å². The van der Waals surface area contributed by atoms with Crippen LogP contribution in [0.5, 0.6) is 0 Å². The topological polar surface area (TPSA) is 37.4 Å². The number of allylic oxidation sites excluding steroid dienone is 2. The Morgan fingerprint density at radius 3 is 2.53 bits per heavy atom. The first-order chi connectivity index (χ1) is 9.09. The molecule has 4 heteroatoms. The molecule has 0 saturated carbocycles. The fraction of sp³-hybridized carbons (Fsp3) is 0.467. The Morgan fingerprint density at radius 1 is 1.16 bits per heavy atom. The second-order valence-electron chi connectivity index (χ2n) is 5.45. The van der Waals surface area contributed by atoms with Crippen LogP contribution >= 0.6 is 0 Å². The highest BCUT2D eigenvalue weighted by molar-refractivity contribution is 7.89. The Balaban J connectivity index is 1.97. The van der Waals surface area contributed by atoms with E-state index in [1.54, 1.807) is 16.4 Å². The quantitative estimate of drug-likeness (QED) is 0.833. The molecule has 0 amide bonds. The molecule has 1 unspecified atom stereocenters. The standard InChI is InChI=1S/C15H19NO2S/c1-12-5-8-14(9-6-12)19(17,18)16-11-3-2-4-13-7-10-15(13)16/h5-6,8-10,13H,2-4,7,11H2,1H3. The maximum atomic E-state index is 12.7. The molecule has 0 spiro atoms. The largest absolute Gasteiger partial charge is 0.270 e. The van der Waals surface area contributed by atoms with E-state index in [9.17, 15) is 8.42 Å². The van der Waals surface area contributed by atoms with Crippen molar-refractivity contribution in [3.63, 3.8) is 0 Å². The number of fused-ring (bicyclic) bond motifs is 1. The van der Waals surface area contributed by atoms with Crippen molar-refractivity contribution >= 4 is 10.0 Å². The van der Waals surface area contributed by atoms with Gasteiger partial charge in [-0.3, -0.25) is 4.31 Å². The highest BCUT2D eigenvalue weighted by Crippen LogP contribution is 2.39. The van der Waals surface area contributed by atoms with Gasteiger partial charge in [-0.15, -0.1) is 0 Å². The summed E-state index contributed by atoms with van der Waals surface area (Å²) < 4.78 is 27.1. The minimum absolute atomic E-state index is 0.409. The van der Waals surface area contributed by atoms with Crippen LogP contribution in [0.2, 0.25) is 0 Å². The number of nitrogens with zero attached hydrogens (tertiary/aromatic N) is 1. The van der Waals surface area contributed by atoms with Crippen LogP contribution in [0.1, 0.15) is 31.2 Å². The zero-order valence-corrected chi connectivity index (χ0v) is 12.0. The first kappa shape index (κ1) is 12.7. The molecule has 3 rings (SSSR count). The monoisotopic (exact) mass is 277 g/mol. The van der Waals surface area contributed by atoms with Gasteiger partial charge >= 0.3 is 0 Å². The van der Waals surface area contributed by atoms with E-state index in [0.717, 1.165) is 36.9 Å². The van der Waals surface area contributed by atoms with Crippen LogP contribution < -0.4 is 0 Å². The summed E-state index contributed by atoms with van der Waals surface area (Å²) in [6.07, 6.45) is 6.32. The number of rotatable bonds is 2. The summed E-state index contributed by atoms with van der Waals surface area (Å²) in [6.45, 7) is 2.59. The number of hydrogen-bond acceptors (Lipinski definition) is 2. The molecule has 0 N–H and O–H groups in total. The summed E-state index contributed by atoms with van der Waals surface area (Å²) in [5.74, 6) is 0.461. The number of aryl methyl sites for hydroxylation is 1. The molecule has 1 aliphatic heterocycles. The summed E-state index contributed by atoms with van der Waals surface area (Å²) in [5.41, 5.74) is 2.11. The van der Waals surface area contributed by atoms with Gasteiger partial charge in [0, 0.05) is 18.2 Å². The zero-order chi connectivity index (χ0) is 13.5. The van der Waals surface area contributed by atoms with Gasteiger partial charge < -0.3 is 0 Å². The summed E-state index contributed by atoms with van der Waals surface area (Å²) in [6, 6.07) is 7.14. The first-order valence-corrected chi connectivity index (χ1v) is 8.32. The second-order valence-corrected chi connectivity index (χ2v) is 7.31. The SMILES string of the molecule is Cc1ccc(S(=O)(=O)N2CCCCC3CC=C32)cc1. The Kier molecular flexibility index (Phi) is 3.13. The molecule has 3 nitrogen and oxygen atoms in total. The highest BCUT2D eigenvalue weighted by Gasteiger charge is 2.35. The van der Waals surface area contributed by atoms with Crippen molar-refractivity contribution in [2.45, 2.75) is 37.5 Å². The molecule has 0 radical (unpaired) electrons. The number of sulfonamides is 1. The smallest absolute Gasteiger partial charge is 0.264 e. The van der Waals surface area contributed by atoms with Gasteiger partial charge in [-0.25, -0.2) is 8.42 Å². The van der Waals surface area contributed by atoms with Crippen molar-refractivity contribution in [2.75, 3.05) is 6.54 Å². The van der Waals surface area contributed by atoms with E-state index < -0.39 is 10.0 Å². The Bertz CT molecular complexity index is 602. The summed E-state index contributed by atoms with van der Waals surface area (Å²) in [5, 5.41) is 0. The molecule has 102 valence electrons. The Hall–Kier alpha value is -1.29. The van der Waals surface area contributed by atoms with Crippen LogP contribution in [0.25, 0.3) is 0 Å². The molecular weight excluding hydrogens is 258 g/mol. The van der Waals surface area contributed by atoms with Crippen molar-refractivity contribution in [1.82, 2.24) is 4.31 Å². The molecule has 1 saturated heterocycles. The van der Waals surface area contributed by atoms with E-state index in [2.05, 4.69) is 6.08 Å². The lowest BCUT2D eigenvalue weighted by Crippen LogP contribution is -2.35. The minimum atomic E-state index is -3.37. The van der Waals surface area contributed by atoms with Crippen LogP contribution in [-0.4, -0.2) is 19.3 Å². The molecule has 1 fully saturated rings. The maximum Gasteiger partial charge on any atom is 0.264 e. The average molecular weight is 277 g/mol. The van der Waals surface area contributed by atoms with Crippen LogP contribution in [0.4, 0.5) is 0 Å². The third-order valence-electron chi connectivity index (χ3n) is 4.09. The van der Waals surface area contributed by atoms with Gasteiger partial charge in [0.2, 0.25) is 0 Å². The van der Waals surface area contributed by atoms with Crippen molar-refractivity contribution in [3.05, 3.63) is 41.6 Å². The zero-order valence-electron chi connectivity index (χ0n) is 11.2. The van der Waals surface area contributed by atoms with E-state index in [0.29, 0.717) is 17.4 Å². The third kappa shape index (κ3) is 2.18. The van der Waals surface area contributed by atoms with E-state index in [-0.39, 0.29) is 0 Å². The third-order valence-corrected chi connectivity index (χ3v) is 5.93. The molecule has 19 heavy (non-hydrogen) atoms. The maximum absolute atomic E-state index is 12.7. The normalized spacial score (nSPS) is 23.1. The minimum Gasteiger partial charge on any atom is -0.270 e. The predicted octanol–water partition coefficient (Wildman–Crippen LogP) is 3.07. The van der Waals surface area contributed by atoms with Crippen molar-refractivity contribution in [3.8, 4) is 0 Å². The molecule has 2 aliphatic rings. The van der Waals surface area contributed by atoms with Gasteiger partial charge in [-0.1, -0.05) is 30.2 Å². The van der Waals surface area contributed by atoms with Gasteiger partial charge in [-0.05, 0) is 38.3 Å². The van der Waals surface area contributed by atoms with Gasteiger partial charge in [-0.2, -0.15) is 0 Å². The van der Waals surface area contributed by atoms with Crippen LogP contribution in [0.15, 0.2) is 40.9 Å². The van der Waals surface area contributed by atoms with E-state index in [4.69, 9.17) is 0 Å². The first-order valence-electron chi connectivity index (χ1n) is 6.88. The predicted molar refractivity (Wildman–Crippen MR) is 75.1 cm³/mol. The molecular formula is C15H19NO2S. The molecule has 1 atom stereocenters. The Labute approximate surface area is 115 Å². The van der Waals surface area contributed by atoms with Gasteiger partial charge in [0.05, 0.1) is 4.90 Å². The van der Waals surface area contributed by atoms with Crippen molar-refractivity contribution in [1.29, 1.82) is 0 Å². The molecule has 0 bridgehead atoms. The second kappa shape index (κ2) is 4.67. The summed E-state index contributed by atoms with van der Waals surface area (Å²) >= 11 is 0. The highest BCUT2D eigenvalue weighted by atomic mass is 32.2. The molecule has 1 aliphatic carbocycles. The van der Waals surface area contributed by atoms with Crippen molar-refractivity contribution < 1.29 is 8.42 Å². The van der Waals surface area contributed by atoms with Crippen molar-refractivity contribution in [2.24, 2.45) is 5.92 Å². The molecule has 1 aromatic rings. The van der Waals surface area contributed by atoms with Gasteiger partial charge in [0.25, 0.3) is 10.0 Å². The van der Waals surface area contributed by atoms with E-state index in [1.165, 1.54) is 0 Å². The summed E-state index contributed by atoms with van der Waals surface area (Å²) in [7, 11) is -3.37. The molecule has 1 heterocycles. The van der Waals surface area contributed by atoms with E-state index in [1.807, 2.05) is 19.1 Å². The molecule has 1 aromatic carbocycles. The number of benzene rings is 1. The fourth-order valence-electron chi connectivity index (χ4n) is 2.83. The lowest BCUT2D eigenvalue weighted by atomic mass is 9.87. The van der Waals surface area contributed by atoms with Gasteiger partial charge in [0.1, 0.15) is 0 Å².